The largest absolute Gasteiger partial charge is 0.496 e. The predicted molar refractivity (Wildman–Crippen MR) is 104 cm³/mol. The Morgan fingerprint density at radius 2 is 1.92 bits per heavy atom. The van der Waals surface area contributed by atoms with Crippen molar-refractivity contribution >= 4 is 16.8 Å². The Kier molecular flexibility index (Phi) is 5.02. The van der Waals surface area contributed by atoms with E-state index in [2.05, 4.69) is 32.7 Å². The van der Waals surface area contributed by atoms with Crippen LogP contribution in [0.5, 0.6) is 5.75 Å². The van der Waals surface area contributed by atoms with Crippen molar-refractivity contribution in [3.05, 3.63) is 30.0 Å². The van der Waals surface area contributed by atoms with Crippen LogP contribution in [0.1, 0.15) is 44.6 Å². The maximum atomic E-state index is 13.5. The molecule has 0 radical (unpaired) electrons. The van der Waals surface area contributed by atoms with E-state index in [4.69, 9.17) is 9.47 Å². The van der Waals surface area contributed by atoms with Gasteiger partial charge in [0.25, 0.3) is 5.91 Å². The molecular formula is C21H30N2O3. The number of benzene rings is 1. The van der Waals surface area contributed by atoms with Crippen molar-refractivity contribution in [3.63, 3.8) is 0 Å². The maximum Gasteiger partial charge on any atom is 0.270 e. The summed E-state index contributed by atoms with van der Waals surface area (Å²) in [5, 5.41) is 0.931. The Morgan fingerprint density at radius 3 is 2.50 bits per heavy atom. The van der Waals surface area contributed by atoms with Crippen molar-refractivity contribution in [1.29, 1.82) is 0 Å². The van der Waals surface area contributed by atoms with Gasteiger partial charge in [0.2, 0.25) is 0 Å². The van der Waals surface area contributed by atoms with Crippen molar-refractivity contribution in [1.82, 2.24) is 9.88 Å². The van der Waals surface area contributed by atoms with Crippen LogP contribution >= 0.6 is 0 Å². The van der Waals surface area contributed by atoms with Gasteiger partial charge in [-0.1, -0.05) is 33.8 Å². The molecule has 5 nitrogen and oxygen atoms in total. The number of hydrogen-bond acceptors (Lipinski definition) is 3. The Labute approximate surface area is 155 Å². The molecule has 1 amide bonds. The topological polar surface area (TPSA) is 54.6 Å². The second kappa shape index (κ2) is 6.95. The van der Waals surface area contributed by atoms with Crippen LogP contribution in [-0.2, 0) is 4.74 Å². The molecule has 1 aliphatic heterocycles. The lowest BCUT2D eigenvalue weighted by molar-refractivity contribution is 0.0290. The first-order valence-electron chi connectivity index (χ1n) is 9.35. The predicted octanol–water partition coefficient (Wildman–Crippen LogP) is 4.09. The maximum absolute atomic E-state index is 13.5. The van der Waals surface area contributed by atoms with Crippen molar-refractivity contribution < 1.29 is 14.3 Å². The summed E-state index contributed by atoms with van der Waals surface area (Å²) in [6.45, 7) is 9.43. The first kappa shape index (κ1) is 18.8. The van der Waals surface area contributed by atoms with Crippen molar-refractivity contribution in [2.45, 2.75) is 45.8 Å². The van der Waals surface area contributed by atoms with E-state index in [1.165, 1.54) is 0 Å². The van der Waals surface area contributed by atoms with E-state index in [0.29, 0.717) is 24.1 Å². The molecule has 1 aliphatic rings. The van der Waals surface area contributed by atoms with Crippen LogP contribution < -0.4 is 4.74 Å². The number of carbonyl (C=O) groups excluding carboxylic acids is 1. The average Bonchev–Trinajstić information content (AvgIpc) is 3.22. The Morgan fingerprint density at radius 1 is 1.23 bits per heavy atom. The minimum Gasteiger partial charge on any atom is -0.496 e. The summed E-state index contributed by atoms with van der Waals surface area (Å²) in [5.41, 5.74) is 1.31. The van der Waals surface area contributed by atoms with E-state index in [1.54, 1.807) is 14.2 Å². The Bertz CT molecular complexity index is 786. The molecule has 5 heteroatoms. The Balaban J connectivity index is 2.04. The molecule has 0 spiro atoms. The number of carbonyl (C=O) groups is 1. The van der Waals surface area contributed by atoms with Crippen LogP contribution in [0.15, 0.2) is 24.3 Å². The molecule has 3 rings (SSSR count). The molecule has 142 valence electrons. The number of methoxy groups -OCH3 is 2. The summed E-state index contributed by atoms with van der Waals surface area (Å²) in [4.78, 5) is 18.8. The molecule has 26 heavy (non-hydrogen) atoms. The average molecular weight is 358 g/mol. The van der Waals surface area contributed by atoms with Crippen LogP contribution in [0, 0.1) is 11.8 Å². The van der Waals surface area contributed by atoms with E-state index in [0.717, 1.165) is 23.1 Å². The molecule has 1 atom stereocenters. The van der Waals surface area contributed by atoms with Gasteiger partial charge in [-0.05, 0) is 36.5 Å². The molecule has 0 aliphatic carbocycles. The zero-order valence-corrected chi connectivity index (χ0v) is 16.6. The van der Waals surface area contributed by atoms with E-state index in [1.807, 2.05) is 29.2 Å². The number of nitrogens with one attached hydrogen (secondary N) is 1. The highest BCUT2D eigenvalue weighted by Gasteiger charge is 2.52. The zero-order valence-electron chi connectivity index (χ0n) is 16.6. The van der Waals surface area contributed by atoms with E-state index < -0.39 is 0 Å². The fourth-order valence-electron chi connectivity index (χ4n) is 4.67. The number of rotatable bonds is 5. The third-order valence-electron chi connectivity index (χ3n) is 6.10. The lowest BCUT2D eigenvalue weighted by atomic mass is 9.74. The molecule has 2 aromatic rings. The van der Waals surface area contributed by atoms with Gasteiger partial charge in [-0.15, -0.1) is 0 Å². The summed E-state index contributed by atoms with van der Waals surface area (Å²) in [6.07, 6.45) is 0.941. The van der Waals surface area contributed by atoms with E-state index >= 15 is 0 Å². The number of fused-ring (bicyclic) bond motifs is 1. The first-order chi connectivity index (χ1) is 12.3. The minimum atomic E-state index is -0.209. The summed E-state index contributed by atoms with van der Waals surface area (Å²) in [6, 6.07) is 7.71. The van der Waals surface area contributed by atoms with Gasteiger partial charge < -0.3 is 19.4 Å². The standard InChI is InChI=1S/C21H30N2O3/c1-13(2)21(14(3)4)11-15(25-5)12-23(21)20(24)18-10-16-17(22-18)8-7-9-19(16)26-6/h7-10,13-15,22H,11-12H2,1-6H3. The van der Waals surface area contributed by atoms with Crippen LogP contribution in [-0.4, -0.2) is 48.2 Å². The number of nitrogens with zero attached hydrogens (tertiary/aromatic N) is 1. The van der Waals surface area contributed by atoms with Gasteiger partial charge in [0, 0.05) is 24.6 Å². The van der Waals surface area contributed by atoms with Crippen molar-refractivity contribution in [2.24, 2.45) is 11.8 Å². The fraction of sp³-hybridized carbons (Fsp3) is 0.571. The van der Waals surface area contributed by atoms with Gasteiger partial charge in [0.15, 0.2) is 0 Å². The minimum absolute atomic E-state index is 0.0326. The van der Waals surface area contributed by atoms with Gasteiger partial charge in [-0.25, -0.2) is 0 Å². The van der Waals surface area contributed by atoms with Crippen LogP contribution in [0.25, 0.3) is 10.9 Å². The third-order valence-corrected chi connectivity index (χ3v) is 6.10. The molecule has 1 aromatic heterocycles. The van der Waals surface area contributed by atoms with Crippen LogP contribution in [0.2, 0.25) is 0 Å². The SMILES string of the molecule is COc1cccc2[nH]c(C(=O)N3CC(OC)CC3(C(C)C)C(C)C)cc12. The summed E-state index contributed by atoms with van der Waals surface area (Å²) < 4.78 is 11.1. The second-order valence-electron chi connectivity index (χ2n) is 7.88. The lowest BCUT2D eigenvalue weighted by Crippen LogP contribution is -2.54. The molecule has 1 aromatic carbocycles. The molecule has 1 saturated heterocycles. The van der Waals surface area contributed by atoms with Gasteiger partial charge in [0.1, 0.15) is 11.4 Å². The number of likely N-dealkylation sites (tertiary alicyclic amines) is 1. The fourth-order valence-corrected chi connectivity index (χ4v) is 4.67. The third kappa shape index (κ3) is 2.78. The molecule has 0 saturated carbocycles. The summed E-state index contributed by atoms with van der Waals surface area (Å²) >= 11 is 0. The second-order valence-corrected chi connectivity index (χ2v) is 7.88. The normalized spacial score (nSPS) is 19.7. The van der Waals surface area contributed by atoms with Gasteiger partial charge in [-0.2, -0.15) is 0 Å². The Hall–Kier alpha value is -2.01. The quantitative estimate of drug-likeness (QED) is 0.876. The smallest absolute Gasteiger partial charge is 0.270 e. The number of H-pyrrole nitrogens is 1. The van der Waals surface area contributed by atoms with Gasteiger partial charge in [0.05, 0.1) is 18.8 Å². The van der Waals surface area contributed by atoms with Crippen molar-refractivity contribution in [2.75, 3.05) is 20.8 Å². The molecular weight excluding hydrogens is 328 g/mol. The highest BCUT2D eigenvalue weighted by atomic mass is 16.5. The highest BCUT2D eigenvalue weighted by Crippen LogP contribution is 2.43. The molecule has 0 bridgehead atoms. The number of aromatic nitrogens is 1. The monoisotopic (exact) mass is 358 g/mol. The van der Waals surface area contributed by atoms with Crippen LogP contribution in [0.3, 0.4) is 0 Å². The number of ether oxygens (including phenoxy) is 2. The molecule has 1 N–H and O–H groups in total. The number of amides is 1. The number of aromatic amines is 1. The number of hydrogen-bond donors (Lipinski definition) is 1. The molecule has 1 fully saturated rings. The first-order valence-corrected chi connectivity index (χ1v) is 9.35. The summed E-state index contributed by atoms with van der Waals surface area (Å²) in [5.74, 6) is 1.48. The summed E-state index contributed by atoms with van der Waals surface area (Å²) in [7, 11) is 3.38. The highest BCUT2D eigenvalue weighted by molar-refractivity contribution is 6.00. The van der Waals surface area contributed by atoms with Gasteiger partial charge >= 0.3 is 0 Å². The zero-order chi connectivity index (χ0) is 19.1. The van der Waals surface area contributed by atoms with E-state index in [-0.39, 0.29) is 17.6 Å². The molecule has 1 unspecified atom stereocenters. The molecule has 2 heterocycles. The van der Waals surface area contributed by atoms with Gasteiger partial charge in [-0.3, -0.25) is 4.79 Å². The van der Waals surface area contributed by atoms with E-state index in [9.17, 15) is 4.79 Å². The van der Waals surface area contributed by atoms with Crippen LogP contribution in [0.4, 0.5) is 0 Å². The lowest BCUT2D eigenvalue weighted by Gasteiger charge is -2.45. The van der Waals surface area contributed by atoms with Crippen molar-refractivity contribution in [3.8, 4) is 5.75 Å².